The maximum atomic E-state index is 13.0. The first-order valence-electron chi connectivity index (χ1n) is 10.5. The third-order valence-corrected chi connectivity index (χ3v) is 7.05. The van der Waals surface area contributed by atoms with Crippen molar-refractivity contribution in [2.24, 2.45) is 5.16 Å². The third-order valence-electron chi connectivity index (χ3n) is 4.94. The molecule has 2 unspecified atom stereocenters. The van der Waals surface area contributed by atoms with Crippen molar-refractivity contribution in [2.45, 2.75) is 56.2 Å². The minimum atomic E-state index is -1.19. The Bertz CT molecular complexity index is 978. The second-order valence-corrected chi connectivity index (χ2v) is 9.74. The molecule has 33 heavy (non-hydrogen) atoms. The van der Waals surface area contributed by atoms with Gasteiger partial charge in [0.1, 0.15) is 29.4 Å². The largest absolute Gasteiger partial charge is 0.477 e. The van der Waals surface area contributed by atoms with Crippen LogP contribution in [0.4, 0.5) is 5.13 Å². The van der Waals surface area contributed by atoms with Crippen molar-refractivity contribution in [2.75, 3.05) is 11.9 Å². The van der Waals surface area contributed by atoms with Crippen LogP contribution in [0.1, 0.15) is 45.2 Å². The van der Waals surface area contributed by atoms with Gasteiger partial charge < -0.3 is 20.6 Å². The molecule has 3 N–H and O–H groups in total. The molecule has 3 heterocycles. The molecule has 2 aliphatic heterocycles. The molecule has 1 fully saturated rings. The Morgan fingerprint density at radius 3 is 2.85 bits per heavy atom. The number of aromatic nitrogens is 1. The lowest BCUT2D eigenvalue weighted by Gasteiger charge is -2.49. The molecule has 0 saturated carbocycles. The molecule has 0 bridgehead atoms. The monoisotopic (exact) mass is 495 g/mol. The Balaban J connectivity index is 1.73. The first kappa shape index (κ1) is 24.7. The summed E-state index contributed by atoms with van der Waals surface area (Å²) in [6.07, 6.45) is 5.87. The molecule has 3 rings (SSSR count). The van der Waals surface area contributed by atoms with E-state index in [4.69, 9.17) is 4.84 Å². The lowest BCUT2D eigenvalue weighted by atomic mass is 10.0. The molecule has 0 aromatic carbocycles. The van der Waals surface area contributed by atoms with Gasteiger partial charge in [0.15, 0.2) is 10.8 Å². The van der Waals surface area contributed by atoms with Crippen molar-refractivity contribution in [3.8, 4) is 0 Å². The molecule has 0 spiro atoms. The Hall–Kier alpha value is -2.93. The number of nitrogens with one attached hydrogen (secondary N) is 2. The number of carbonyl (C=O) groups excluding carboxylic acids is 3. The topological polar surface area (TPSA) is 150 Å². The average Bonchev–Trinajstić information content (AvgIpc) is 3.24. The number of unbranched alkanes of at least 4 members (excludes halogenated alkanes) is 3. The fourth-order valence-corrected chi connectivity index (χ4v) is 5.33. The molecule has 13 heteroatoms. The highest BCUT2D eigenvalue weighted by Gasteiger charge is 2.54. The zero-order chi connectivity index (χ0) is 24.0. The Labute approximate surface area is 198 Å². The van der Waals surface area contributed by atoms with E-state index in [-0.39, 0.29) is 27.5 Å². The Kier molecular flexibility index (Phi) is 8.44. The molecule has 3 atom stereocenters. The van der Waals surface area contributed by atoms with Crippen molar-refractivity contribution in [1.29, 1.82) is 0 Å². The summed E-state index contributed by atoms with van der Waals surface area (Å²) in [5, 5.41) is 19.5. The number of aliphatic carboxylic acids is 1. The van der Waals surface area contributed by atoms with Gasteiger partial charge in [0.25, 0.3) is 11.8 Å². The van der Waals surface area contributed by atoms with Crippen LogP contribution in [0.3, 0.4) is 0 Å². The van der Waals surface area contributed by atoms with Gasteiger partial charge in [-0.3, -0.25) is 19.3 Å². The molecule has 11 nitrogen and oxygen atoms in total. The molecule has 0 aliphatic carbocycles. The van der Waals surface area contributed by atoms with Crippen molar-refractivity contribution in [3.63, 3.8) is 0 Å². The van der Waals surface area contributed by atoms with E-state index in [1.54, 1.807) is 5.38 Å². The smallest absolute Gasteiger partial charge is 0.352 e. The lowest BCUT2D eigenvalue weighted by Crippen LogP contribution is -2.71. The number of hydrogen-bond donors (Lipinski definition) is 3. The van der Waals surface area contributed by atoms with E-state index in [9.17, 15) is 24.3 Å². The summed E-state index contributed by atoms with van der Waals surface area (Å²) in [6.45, 7) is 4.24. The zero-order valence-corrected chi connectivity index (χ0v) is 19.8. The van der Waals surface area contributed by atoms with Crippen LogP contribution in [0.15, 0.2) is 22.3 Å². The molecule has 1 saturated heterocycles. The fraction of sp³-hybridized carbons (Fsp3) is 0.500. The van der Waals surface area contributed by atoms with Crippen LogP contribution < -0.4 is 10.6 Å². The molecule has 178 valence electrons. The molecule has 3 amide bonds. The standard InChI is InChI=1S/C20H25N5O6S2/c1-3-4-5-6-7-31-24-14(12-9-32-20(22-12)21-10-26)16(27)23-15-17(28)25-13(19(29)30)8-11(2)33-18(15)25/h8-11,15,18H,3-7H2,1-2H3,(H,23,27)(H,29,30)(H,21,22,26)/b24-14-/t11?,15?,18-/m1/s1. The first-order valence-corrected chi connectivity index (χ1v) is 12.3. The van der Waals surface area contributed by atoms with E-state index >= 15 is 0 Å². The summed E-state index contributed by atoms with van der Waals surface area (Å²) in [4.78, 5) is 58.5. The summed E-state index contributed by atoms with van der Waals surface area (Å²) in [5.41, 5.74) is -0.0280. The van der Waals surface area contributed by atoms with Crippen LogP contribution in [0.25, 0.3) is 0 Å². The maximum Gasteiger partial charge on any atom is 0.352 e. The number of carboxylic acid groups (broad SMARTS) is 1. The van der Waals surface area contributed by atoms with Crippen molar-refractivity contribution in [1.82, 2.24) is 15.2 Å². The summed E-state index contributed by atoms with van der Waals surface area (Å²) in [7, 11) is 0. The second-order valence-electron chi connectivity index (χ2n) is 7.38. The number of carboxylic acids is 1. The number of fused-ring (bicyclic) bond motifs is 1. The number of anilines is 1. The highest BCUT2D eigenvalue weighted by Crippen LogP contribution is 2.40. The molecule has 2 aliphatic rings. The van der Waals surface area contributed by atoms with Gasteiger partial charge in [-0.1, -0.05) is 24.9 Å². The number of β-lactam (4-membered cyclic amide) rings is 1. The van der Waals surface area contributed by atoms with Gasteiger partial charge >= 0.3 is 5.97 Å². The van der Waals surface area contributed by atoms with Crippen LogP contribution in [0.2, 0.25) is 0 Å². The number of amides is 3. The van der Waals surface area contributed by atoms with E-state index in [0.29, 0.717) is 13.0 Å². The predicted molar refractivity (Wildman–Crippen MR) is 124 cm³/mol. The quantitative estimate of drug-likeness (QED) is 0.131. The van der Waals surface area contributed by atoms with Crippen LogP contribution in [-0.4, -0.2) is 68.2 Å². The minimum Gasteiger partial charge on any atom is -0.477 e. The second kappa shape index (κ2) is 11.3. The zero-order valence-electron chi connectivity index (χ0n) is 18.1. The molecule has 1 aromatic rings. The van der Waals surface area contributed by atoms with Gasteiger partial charge in [0.2, 0.25) is 6.41 Å². The number of nitrogens with zero attached hydrogens (tertiary/aromatic N) is 3. The lowest BCUT2D eigenvalue weighted by molar-refractivity contribution is -0.150. The average molecular weight is 496 g/mol. The number of hydrogen-bond acceptors (Lipinski definition) is 9. The highest BCUT2D eigenvalue weighted by atomic mass is 32.2. The van der Waals surface area contributed by atoms with Gasteiger partial charge in [-0.2, -0.15) is 0 Å². The third kappa shape index (κ3) is 5.71. The minimum absolute atomic E-state index is 0.0878. The summed E-state index contributed by atoms with van der Waals surface area (Å²) in [6, 6.07) is -0.908. The summed E-state index contributed by atoms with van der Waals surface area (Å²) < 4.78 is 0. The summed E-state index contributed by atoms with van der Waals surface area (Å²) in [5.74, 6) is -2.38. The molecular weight excluding hydrogens is 470 g/mol. The molecular formula is C20H25N5O6S2. The van der Waals surface area contributed by atoms with E-state index in [2.05, 4.69) is 27.7 Å². The van der Waals surface area contributed by atoms with Gasteiger partial charge in [-0.25, -0.2) is 9.78 Å². The van der Waals surface area contributed by atoms with Crippen LogP contribution in [-0.2, 0) is 24.0 Å². The number of oxime groups is 1. The number of thiazole rings is 1. The van der Waals surface area contributed by atoms with E-state index in [1.165, 1.54) is 22.7 Å². The maximum absolute atomic E-state index is 13.0. The van der Waals surface area contributed by atoms with Crippen LogP contribution >= 0.6 is 23.1 Å². The number of thioether (sulfide) groups is 1. The van der Waals surface area contributed by atoms with E-state index < -0.39 is 29.2 Å². The normalized spacial score (nSPS) is 22.1. The van der Waals surface area contributed by atoms with Gasteiger partial charge in [-0.15, -0.1) is 23.1 Å². The van der Waals surface area contributed by atoms with Gasteiger partial charge in [0, 0.05) is 10.6 Å². The Morgan fingerprint density at radius 1 is 1.36 bits per heavy atom. The van der Waals surface area contributed by atoms with E-state index in [0.717, 1.165) is 37.0 Å². The number of carbonyl (C=O) groups is 4. The van der Waals surface area contributed by atoms with Crippen LogP contribution in [0.5, 0.6) is 0 Å². The van der Waals surface area contributed by atoms with Crippen molar-refractivity contribution < 1.29 is 29.1 Å². The fourth-order valence-electron chi connectivity index (χ4n) is 3.35. The highest BCUT2D eigenvalue weighted by molar-refractivity contribution is 8.00. The SMILES string of the molecule is CCCCCCO/N=C(\C(=O)NC1C(=O)N2C(C(=O)O)=CC(C)S[C@H]12)c1csc(NC=O)n1. The first-order chi connectivity index (χ1) is 15.9. The van der Waals surface area contributed by atoms with Gasteiger partial charge in [0.05, 0.1) is 0 Å². The Morgan fingerprint density at radius 2 is 2.15 bits per heavy atom. The van der Waals surface area contributed by atoms with Crippen molar-refractivity contribution in [3.05, 3.63) is 22.8 Å². The predicted octanol–water partition coefficient (Wildman–Crippen LogP) is 1.77. The van der Waals surface area contributed by atoms with Crippen LogP contribution in [0, 0.1) is 0 Å². The summed E-state index contributed by atoms with van der Waals surface area (Å²) >= 11 is 2.48. The van der Waals surface area contributed by atoms with Gasteiger partial charge in [-0.05, 0) is 25.8 Å². The number of rotatable bonds is 12. The molecule has 0 radical (unpaired) electrons. The van der Waals surface area contributed by atoms with Crippen molar-refractivity contribution >= 4 is 58.1 Å². The molecule has 1 aromatic heterocycles. The van der Waals surface area contributed by atoms with E-state index in [1.807, 2.05) is 6.92 Å².